The van der Waals surface area contributed by atoms with Gasteiger partial charge in [-0.25, -0.2) is 0 Å². The van der Waals surface area contributed by atoms with Crippen LogP contribution in [0.3, 0.4) is 0 Å². The van der Waals surface area contributed by atoms with Crippen LogP contribution in [0.15, 0.2) is 23.8 Å². The molecule has 0 unspecified atom stereocenters. The van der Waals surface area contributed by atoms with Crippen LogP contribution >= 0.6 is 0 Å². The van der Waals surface area contributed by atoms with Gasteiger partial charge in [-0.1, -0.05) is 39.0 Å². The molecule has 0 atom stereocenters. The zero-order valence-corrected chi connectivity index (χ0v) is 7.91. The number of hydrogen-bond acceptors (Lipinski definition) is 0. The molecule has 0 saturated carbocycles. The van der Waals surface area contributed by atoms with Gasteiger partial charge in [-0.2, -0.15) is 0 Å². The van der Waals surface area contributed by atoms with Gasteiger partial charge in [-0.15, -0.1) is 0 Å². The van der Waals surface area contributed by atoms with Crippen LogP contribution in [0.2, 0.25) is 0 Å². The number of allylic oxidation sites excluding steroid dienone is 3. The van der Waals surface area contributed by atoms with Gasteiger partial charge in [-0.3, -0.25) is 0 Å². The van der Waals surface area contributed by atoms with Crippen molar-refractivity contribution in [1.82, 2.24) is 0 Å². The lowest BCUT2D eigenvalue weighted by molar-refractivity contribution is 0.410. The van der Waals surface area contributed by atoms with Gasteiger partial charge in [0.25, 0.3) is 0 Å². The van der Waals surface area contributed by atoms with E-state index in [1.54, 1.807) is 0 Å². The predicted octanol–water partition coefficient (Wildman–Crippen LogP) is 3.70. The summed E-state index contributed by atoms with van der Waals surface area (Å²) in [4.78, 5) is 0. The van der Waals surface area contributed by atoms with E-state index in [9.17, 15) is 0 Å². The van der Waals surface area contributed by atoms with Crippen LogP contribution in [0, 0.1) is 5.41 Å². The van der Waals surface area contributed by atoms with Crippen LogP contribution in [-0.4, -0.2) is 0 Å². The van der Waals surface area contributed by atoms with Gasteiger partial charge in [0.05, 0.1) is 0 Å². The van der Waals surface area contributed by atoms with Gasteiger partial charge in [0.2, 0.25) is 0 Å². The van der Waals surface area contributed by atoms with E-state index in [4.69, 9.17) is 0 Å². The molecule has 0 aromatic carbocycles. The fourth-order valence-electron chi connectivity index (χ4n) is 1.36. The minimum absolute atomic E-state index is 0.396. The van der Waals surface area contributed by atoms with Crippen LogP contribution in [0.1, 0.15) is 40.0 Å². The minimum atomic E-state index is 0.396. The quantitative estimate of drug-likeness (QED) is 0.563. The average Bonchev–Trinajstić information content (AvgIpc) is 1.50. The molecule has 0 bridgehead atoms. The first-order valence-corrected chi connectivity index (χ1v) is 4.36. The standard InChI is InChI=1S/C11H18/c1-9(8-11(2,3)4)10-6-5-7-10/h6H,1,5,7-8H2,2-4H3. The molecular formula is C11H18. The van der Waals surface area contributed by atoms with E-state index in [-0.39, 0.29) is 0 Å². The van der Waals surface area contributed by atoms with Gasteiger partial charge in [0.1, 0.15) is 0 Å². The van der Waals surface area contributed by atoms with Crippen molar-refractivity contribution in [1.29, 1.82) is 0 Å². The van der Waals surface area contributed by atoms with Gasteiger partial charge < -0.3 is 0 Å². The average molecular weight is 150 g/mol. The molecule has 0 aromatic heterocycles. The van der Waals surface area contributed by atoms with Crippen molar-refractivity contribution in [2.24, 2.45) is 5.41 Å². The third kappa shape index (κ3) is 2.53. The van der Waals surface area contributed by atoms with E-state index in [0.29, 0.717) is 5.41 Å². The van der Waals surface area contributed by atoms with Gasteiger partial charge in [0.15, 0.2) is 0 Å². The molecule has 0 amide bonds. The van der Waals surface area contributed by atoms with Crippen molar-refractivity contribution in [2.75, 3.05) is 0 Å². The molecule has 0 saturated heterocycles. The summed E-state index contributed by atoms with van der Waals surface area (Å²) in [6.45, 7) is 10.9. The molecular weight excluding hydrogens is 132 g/mol. The predicted molar refractivity (Wildman–Crippen MR) is 50.5 cm³/mol. The highest BCUT2D eigenvalue weighted by Crippen LogP contribution is 2.32. The molecule has 0 nitrogen and oxygen atoms in total. The summed E-state index contributed by atoms with van der Waals surface area (Å²) in [6, 6.07) is 0. The van der Waals surface area contributed by atoms with Crippen LogP contribution in [-0.2, 0) is 0 Å². The summed E-state index contributed by atoms with van der Waals surface area (Å²) < 4.78 is 0. The second kappa shape index (κ2) is 2.84. The molecule has 11 heavy (non-hydrogen) atoms. The summed E-state index contributed by atoms with van der Waals surface area (Å²) in [5.74, 6) is 0. The SMILES string of the molecule is C=C(CC(C)(C)C)C1=CCC1. The maximum atomic E-state index is 4.09. The Balaban J connectivity index is 2.44. The first kappa shape index (κ1) is 8.58. The van der Waals surface area contributed by atoms with E-state index in [2.05, 4.69) is 33.4 Å². The van der Waals surface area contributed by atoms with E-state index < -0.39 is 0 Å². The van der Waals surface area contributed by atoms with Crippen molar-refractivity contribution in [3.8, 4) is 0 Å². The Morgan fingerprint density at radius 1 is 1.55 bits per heavy atom. The van der Waals surface area contributed by atoms with E-state index in [1.807, 2.05) is 0 Å². The minimum Gasteiger partial charge on any atom is -0.0955 e. The number of hydrogen-bond donors (Lipinski definition) is 0. The molecule has 0 heterocycles. The smallest absolute Gasteiger partial charge is 0.0233 e. The van der Waals surface area contributed by atoms with Crippen LogP contribution in [0.4, 0.5) is 0 Å². The van der Waals surface area contributed by atoms with Crippen molar-refractivity contribution in [2.45, 2.75) is 40.0 Å². The molecule has 0 N–H and O–H groups in total. The second-order valence-corrected chi connectivity index (χ2v) is 4.61. The zero-order chi connectivity index (χ0) is 8.48. The monoisotopic (exact) mass is 150 g/mol. The fourth-order valence-corrected chi connectivity index (χ4v) is 1.36. The summed E-state index contributed by atoms with van der Waals surface area (Å²) in [7, 11) is 0. The topological polar surface area (TPSA) is 0 Å². The fraction of sp³-hybridized carbons (Fsp3) is 0.636. The Bertz CT molecular complexity index is 189. The van der Waals surface area contributed by atoms with Crippen molar-refractivity contribution in [3.63, 3.8) is 0 Å². The lowest BCUT2D eigenvalue weighted by Gasteiger charge is -2.24. The highest BCUT2D eigenvalue weighted by molar-refractivity contribution is 5.34. The first-order chi connectivity index (χ1) is 4.99. The Morgan fingerprint density at radius 3 is 2.36 bits per heavy atom. The molecule has 0 fully saturated rings. The highest BCUT2D eigenvalue weighted by atomic mass is 14.2. The van der Waals surface area contributed by atoms with Crippen LogP contribution in [0.5, 0.6) is 0 Å². The van der Waals surface area contributed by atoms with Crippen LogP contribution < -0.4 is 0 Å². The molecule has 0 aliphatic heterocycles. The lowest BCUT2D eigenvalue weighted by atomic mass is 9.82. The second-order valence-electron chi connectivity index (χ2n) is 4.61. The molecule has 0 spiro atoms. The van der Waals surface area contributed by atoms with Gasteiger partial charge >= 0.3 is 0 Å². The summed E-state index contributed by atoms with van der Waals surface area (Å²) in [5.41, 5.74) is 3.25. The normalized spacial score (nSPS) is 17.2. The Hall–Kier alpha value is -0.520. The van der Waals surface area contributed by atoms with Crippen LogP contribution in [0.25, 0.3) is 0 Å². The maximum absolute atomic E-state index is 4.09. The Labute approximate surface area is 70.0 Å². The maximum Gasteiger partial charge on any atom is -0.0233 e. The molecule has 1 aliphatic rings. The first-order valence-electron chi connectivity index (χ1n) is 4.36. The third-order valence-corrected chi connectivity index (χ3v) is 2.00. The summed E-state index contributed by atoms with van der Waals surface area (Å²) >= 11 is 0. The molecule has 0 aromatic rings. The highest BCUT2D eigenvalue weighted by Gasteiger charge is 2.16. The molecule has 1 aliphatic carbocycles. The third-order valence-electron chi connectivity index (χ3n) is 2.00. The molecule has 62 valence electrons. The summed E-state index contributed by atoms with van der Waals surface area (Å²) in [5, 5.41) is 0. The van der Waals surface area contributed by atoms with E-state index in [0.717, 1.165) is 6.42 Å². The summed E-state index contributed by atoms with van der Waals surface area (Å²) in [6.07, 6.45) is 5.96. The molecule has 1 rings (SSSR count). The number of rotatable bonds is 2. The molecule has 0 heteroatoms. The Kier molecular flexibility index (Phi) is 2.22. The Morgan fingerprint density at radius 2 is 2.09 bits per heavy atom. The van der Waals surface area contributed by atoms with Crippen molar-refractivity contribution in [3.05, 3.63) is 23.8 Å². The van der Waals surface area contributed by atoms with E-state index in [1.165, 1.54) is 24.0 Å². The lowest BCUT2D eigenvalue weighted by Crippen LogP contribution is -2.08. The van der Waals surface area contributed by atoms with Crippen molar-refractivity contribution < 1.29 is 0 Å². The van der Waals surface area contributed by atoms with E-state index >= 15 is 0 Å². The molecule has 0 radical (unpaired) electrons. The van der Waals surface area contributed by atoms with Crippen molar-refractivity contribution >= 4 is 0 Å². The van der Waals surface area contributed by atoms with Gasteiger partial charge in [0, 0.05) is 0 Å². The van der Waals surface area contributed by atoms with Gasteiger partial charge in [-0.05, 0) is 30.3 Å². The largest absolute Gasteiger partial charge is 0.0955 e. The zero-order valence-electron chi connectivity index (χ0n) is 7.91.